The number of para-hydroxylation sites is 1. The van der Waals surface area contributed by atoms with Gasteiger partial charge >= 0.3 is 11.9 Å². The Kier molecular flexibility index (Phi) is 7.05. The summed E-state index contributed by atoms with van der Waals surface area (Å²) in [6, 6.07) is 19.0. The number of benzene rings is 3. The number of fused-ring (bicyclic) bond motifs is 1. The number of aliphatic carboxylic acids is 1. The van der Waals surface area contributed by atoms with Crippen LogP contribution in [0.25, 0.3) is 22.3 Å². The molecule has 4 aromatic rings. The van der Waals surface area contributed by atoms with Crippen molar-refractivity contribution in [2.24, 2.45) is 0 Å². The standard InChI is InChI=1S/C28H26N2O6/c1-16-14-20(17(2)30-22-11-7-6-10-19(22)28(34)35)27-21(15-16)25(33)24(29-13-12-23(31)32)26(36-27)18-8-4-3-5-9-18/h3-11,14-15,17,29-30H,12-13H2,1-2H3,(H,31,32)(H,34,35)/t17-/m1/s1. The van der Waals surface area contributed by atoms with Crippen molar-refractivity contribution < 1.29 is 24.2 Å². The predicted octanol–water partition coefficient (Wildman–Crippen LogP) is 5.53. The minimum Gasteiger partial charge on any atom is -0.481 e. The first-order valence-electron chi connectivity index (χ1n) is 11.5. The summed E-state index contributed by atoms with van der Waals surface area (Å²) in [6.07, 6.45) is -0.158. The van der Waals surface area contributed by atoms with Crippen molar-refractivity contribution in [1.82, 2.24) is 0 Å². The van der Waals surface area contributed by atoms with Crippen molar-refractivity contribution in [2.75, 3.05) is 17.2 Å². The number of rotatable bonds is 9. The molecule has 0 spiro atoms. The van der Waals surface area contributed by atoms with E-state index in [9.17, 15) is 19.5 Å². The van der Waals surface area contributed by atoms with Gasteiger partial charge in [0.15, 0.2) is 5.76 Å². The maximum atomic E-state index is 13.7. The summed E-state index contributed by atoms with van der Waals surface area (Å²) < 4.78 is 6.37. The molecule has 1 atom stereocenters. The number of carboxylic acids is 2. The normalized spacial score (nSPS) is 11.7. The highest BCUT2D eigenvalue weighted by molar-refractivity contribution is 5.94. The van der Waals surface area contributed by atoms with Crippen LogP contribution in [0, 0.1) is 6.92 Å². The lowest BCUT2D eigenvalue weighted by molar-refractivity contribution is -0.136. The monoisotopic (exact) mass is 486 g/mol. The molecule has 0 unspecified atom stereocenters. The molecule has 4 N–H and O–H groups in total. The Bertz CT molecular complexity index is 1490. The molecule has 0 saturated heterocycles. The molecule has 36 heavy (non-hydrogen) atoms. The zero-order valence-corrected chi connectivity index (χ0v) is 19.9. The maximum absolute atomic E-state index is 13.7. The smallest absolute Gasteiger partial charge is 0.337 e. The number of carbonyl (C=O) groups is 2. The lowest BCUT2D eigenvalue weighted by Gasteiger charge is -2.20. The van der Waals surface area contributed by atoms with Crippen LogP contribution in [-0.2, 0) is 4.79 Å². The van der Waals surface area contributed by atoms with Gasteiger partial charge in [-0.15, -0.1) is 0 Å². The highest BCUT2D eigenvalue weighted by Crippen LogP contribution is 2.34. The lowest BCUT2D eigenvalue weighted by atomic mass is 9.99. The van der Waals surface area contributed by atoms with Crippen molar-refractivity contribution in [3.63, 3.8) is 0 Å². The van der Waals surface area contributed by atoms with Gasteiger partial charge in [-0.05, 0) is 37.6 Å². The Labute approximate surface area is 207 Å². The fraction of sp³-hybridized carbons (Fsp3) is 0.179. The SMILES string of the molecule is Cc1cc([C@@H](C)Nc2ccccc2C(=O)O)c2oc(-c3ccccc3)c(NCCC(=O)O)c(=O)c2c1. The third-order valence-corrected chi connectivity index (χ3v) is 5.84. The average Bonchev–Trinajstić information content (AvgIpc) is 2.85. The van der Waals surface area contributed by atoms with E-state index in [0.717, 1.165) is 5.56 Å². The van der Waals surface area contributed by atoms with E-state index in [2.05, 4.69) is 10.6 Å². The van der Waals surface area contributed by atoms with Gasteiger partial charge in [-0.1, -0.05) is 48.5 Å². The van der Waals surface area contributed by atoms with Crippen molar-refractivity contribution >= 4 is 34.3 Å². The molecule has 0 saturated carbocycles. The van der Waals surface area contributed by atoms with Gasteiger partial charge in [0.05, 0.1) is 23.4 Å². The Morgan fingerprint density at radius 2 is 1.69 bits per heavy atom. The van der Waals surface area contributed by atoms with Gasteiger partial charge in [-0.2, -0.15) is 0 Å². The Morgan fingerprint density at radius 3 is 2.39 bits per heavy atom. The van der Waals surface area contributed by atoms with Crippen molar-refractivity contribution in [3.8, 4) is 11.3 Å². The van der Waals surface area contributed by atoms with Gasteiger partial charge < -0.3 is 25.3 Å². The van der Waals surface area contributed by atoms with Crippen LogP contribution in [0.15, 0.2) is 75.9 Å². The topological polar surface area (TPSA) is 129 Å². The maximum Gasteiger partial charge on any atom is 0.337 e. The summed E-state index contributed by atoms with van der Waals surface area (Å²) in [5.74, 6) is -1.72. The Hall–Kier alpha value is -4.59. The highest BCUT2D eigenvalue weighted by Gasteiger charge is 2.22. The number of aromatic carboxylic acids is 1. The second-order valence-electron chi connectivity index (χ2n) is 8.52. The van der Waals surface area contributed by atoms with Gasteiger partial charge in [0.2, 0.25) is 5.43 Å². The molecular formula is C28H26N2O6. The van der Waals surface area contributed by atoms with Crippen LogP contribution in [0.3, 0.4) is 0 Å². The summed E-state index contributed by atoms with van der Waals surface area (Å²) in [6.45, 7) is 3.80. The minimum atomic E-state index is -1.05. The van der Waals surface area contributed by atoms with Crippen LogP contribution < -0.4 is 16.1 Å². The molecule has 0 amide bonds. The van der Waals surface area contributed by atoms with E-state index in [0.29, 0.717) is 33.5 Å². The third-order valence-electron chi connectivity index (χ3n) is 5.84. The number of nitrogens with one attached hydrogen (secondary N) is 2. The van der Waals surface area contributed by atoms with Crippen molar-refractivity contribution in [2.45, 2.75) is 26.3 Å². The Morgan fingerprint density at radius 1 is 1.00 bits per heavy atom. The van der Waals surface area contributed by atoms with E-state index in [1.165, 1.54) is 6.07 Å². The van der Waals surface area contributed by atoms with Gasteiger partial charge in [-0.3, -0.25) is 9.59 Å². The number of hydrogen-bond donors (Lipinski definition) is 4. The van der Waals surface area contributed by atoms with E-state index in [-0.39, 0.29) is 29.6 Å². The molecule has 0 aliphatic carbocycles. The van der Waals surface area contributed by atoms with Crippen LogP contribution in [0.1, 0.15) is 40.9 Å². The molecule has 8 nitrogen and oxygen atoms in total. The van der Waals surface area contributed by atoms with Gasteiger partial charge in [0.25, 0.3) is 0 Å². The van der Waals surface area contributed by atoms with Crippen LogP contribution >= 0.6 is 0 Å². The van der Waals surface area contributed by atoms with E-state index in [4.69, 9.17) is 9.52 Å². The van der Waals surface area contributed by atoms with Crippen LogP contribution in [-0.4, -0.2) is 28.7 Å². The predicted molar refractivity (Wildman–Crippen MR) is 139 cm³/mol. The molecule has 0 aliphatic heterocycles. The first kappa shape index (κ1) is 24.5. The third kappa shape index (κ3) is 5.07. The quantitative estimate of drug-likeness (QED) is 0.243. The molecular weight excluding hydrogens is 460 g/mol. The molecule has 4 rings (SSSR count). The second-order valence-corrected chi connectivity index (χ2v) is 8.52. The fourth-order valence-corrected chi connectivity index (χ4v) is 4.15. The molecule has 0 fully saturated rings. The molecule has 184 valence electrons. The Balaban J connectivity index is 1.88. The summed E-state index contributed by atoms with van der Waals surface area (Å²) in [7, 11) is 0. The largest absolute Gasteiger partial charge is 0.481 e. The molecule has 1 aromatic heterocycles. The molecule has 0 bridgehead atoms. The first-order valence-corrected chi connectivity index (χ1v) is 11.5. The number of anilines is 2. The summed E-state index contributed by atoms with van der Waals surface area (Å²) in [5, 5.41) is 25.2. The zero-order valence-electron chi connectivity index (χ0n) is 19.9. The van der Waals surface area contributed by atoms with Gasteiger partial charge in [0.1, 0.15) is 11.3 Å². The average molecular weight is 487 g/mol. The van der Waals surface area contributed by atoms with Gasteiger partial charge in [0, 0.05) is 23.4 Å². The van der Waals surface area contributed by atoms with E-state index < -0.39 is 18.0 Å². The van der Waals surface area contributed by atoms with Crippen molar-refractivity contribution in [1.29, 1.82) is 0 Å². The number of aryl methyl sites for hydroxylation is 1. The van der Waals surface area contributed by atoms with Gasteiger partial charge in [-0.25, -0.2) is 4.79 Å². The summed E-state index contributed by atoms with van der Waals surface area (Å²) in [5.41, 5.74) is 3.04. The first-order chi connectivity index (χ1) is 17.3. The summed E-state index contributed by atoms with van der Waals surface area (Å²) >= 11 is 0. The number of hydrogen-bond acceptors (Lipinski definition) is 6. The lowest BCUT2D eigenvalue weighted by Crippen LogP contribution is -2.17. The molecule has 0 radical (unpaired) electrons. The van der Waals surface area contributed by atoms with Crippen LogP contribution in [0.5, 0.6) is 0 Å². The summed E-state index contributed by atoms with van der Waals surface area (Å²) in [4.78, 5) is 36.4. The fourth-order valence-electron chi connectivity index (χ4n) is 4.15. The zero-order chi connectivity index (χ0) is 25.8. The minimum absolute atomic E-state index is 0.0635. The highest BCUT2D eigenvalue weighted by atomic mass is 16.4. The molecule has 3 aromatic carbocycles. The van der Waals surface area contributed by atoms with Crippen LogP contribution in [0.4, 0.5) is 11.4 Å². The molecule has 1 heterocycles. The van der Waals surface area contributed by atoms with Crippen LogP contribution in [0.2, 0.25) is 0 Å². The van der Waals surface area contributed by atoms with E-state index in [1.54, 1.807) is 24.3 Å². The molecule has 8 heteroatoms. The van der Waals surface area contributed by atoms with Crippen molar-refractivity contribution in [3.05, 3.63) is 93.6 Å². The molecule has 0 aliphatic rings. The van der Waals surface area contributed by atoms with E-state index >= 15 is 0 Å². The number of carboxylic acid groups (broad SMARTS) is 2. The second kappa shape index (κ2) is 10.4. The van der Waals surface area contributed by atoms with E-state index in [1.807, 2.05) is 50.2 Å².